The molecule has 16 heavy (non-hydrogen) atoms. The van der Waals surface area contributed by atoms with E-state index in [1.807, 2.05) is 6.92 Å². The number of nitrogens with one attached hydrogen (secondary N) is 1. The highest BCUT2D eigenvalue weighted by molar-refractivity contribution is 4.90. The lowest BCUT2D eigenvalue weighted by Gasteiger charge is -2.31. The van der Waals surface area contributed by atoms with Gasteiger partial charge >= 0.3 is 0 Å². The van der Waals surface area contributed by atoms with Crippen molar-refractivity contribution in [3.8, 4) is 6.07 Å². The van der Waals surface area contributed by atoms with Crippen molar-refractivity contribution in [3.63, 3.8) is 0 Å². The van der Waals surface area contributed by atoms with Gasteiger partial charge in [0.15, 0.2) is 0 Å². The minimum absolute atomic E-state index is 0.00714. The number of hydrogen-bond donors (Lipinski definition) is 1. The second kappa shape index (κ2) is 7.61. The van der Waals surface area contributed by atoms with Crippen LogP contribution in [0.1, 0.15) is 26.2 Å². The van der Waals surface area contributed by atoms with E-state index in [0.29, 0.717) is 6.04 Å². The van der Waals surface area contributed by atoms with Crippen molar-refractivity contribution in [3.05, 3.63) is 0 Å². The van der Waals surface area contributed by atoms with E-state index < -0.39 is 0 Å². The third kappa shape index (κ3) is 4.48. The van der Waals surface area contributed by atoms with Gasteiger partial charge in [0.2, 0.25) is 0 Å². The maximum atomic E-state index is 8.93. The minimum atomic E-state index is -0.00714. The summed E-state index contributed by atoms with van der Waals surface area (Å²) in [7, 11) is 2.15. The van der Waals surface area contributed by atoms with Crippen LogP contribution in [0.2, 0.25) is 0 Å². The number of nitriles is 1. The van der Waals surface area contributed by atoms with Gasteiger partial charge in [0.1, 0.15) is 0 Å². The molecule has 4 nitrogen and oxygen atoms in total. The van der Waals surface area contributed by atoms with Crippen LogP contribution in [-0.4, -0.2) is 50.3 Å². The van der Waals surface area contributed by atoms with Gasteiger partial charge in [-0.3, -0.25) is 0 Å². The van der Waals surface area contributed by atoms with E-state index in [4.69, 9.17) is 10.00 Å². The van der Waals surface area contributed by atoms with E-state index in [-0.39, 0.29) is 6.04 Å². The second-order valence-electron chi connectivity index (χ2n) is 4.35. The molecule has 1 saturated heterocycles. The molecule has 1 heterocycles. The van der Waals surface area contributed by atoms with E-state index in [9.17, 15) is 0 Å². The fourth-order valence-electron chi connectivity index (χ4n) is 2.10. The Labute approximate surface area is 98.6 Å². The monoisotopic (exact) mass is 225 g/mol. The molecule has 0 amide bonds. The maximum Gasteiger partial charge on any atom is 0.0965 e. The molecule has 1 fully saturated rings. The summed E-state index contributed by atoms with van der Waals surface area (Å²) in [5, 5.41) is 12.1. The van der Waals surface area contributed by atoms with Gasteiger partial charge in [-0.25, -0.2) is 0 Å². The quantitative estimate of drug-likeness (QED) is 0.732. The van der Waals surface area contributed by atoms with Crippen LogP contribution >= 0.6 is 0 Å². The lowest BCUT2D eigenvalue weighted by molar-refractivity contribution is 0.0424. The average Bonchev–Trinajstić information content (AvgIpc) is 2.35. The third-order valence-electron chi connectivity index (χ3n) is 3.19. The van der Waals surface area contributed by atoms with Crippen LogP contribution in [0.4, 0.5) is 0 Å². The fraction of sp³-hybridized carbons (Fsp3) is 0.917. The van der Waals surface area contributed by atoms with Crippen LogP contribution in [0.3, 0.4) is 0 Å². The summed E-state index contributed by atoms with van der Waals surface area (Å²) in [6, 6.07) is 2.93. The summed E-state index contributed by atoms with van der Waals surface area (Å²) in [4.78, 5) is 2.37. The molecule has 4 heteroatoms. The summed E-state index contributed by atoms with van der Waals surface area (Å²) in [5.74, 6) is 0. The first kappa shape index (κ1) is 13.4. The van der Waals surface area contributed by atoms with Crippen LogP contribution in [0.5, 0.6) is 0 Å². The zero-order chi connectivity index (χ0) is 11.8. The standard InChI is InChI=1S/C12H23N3O/c1-3-14-11(10-13)4-7-15(2)12-5-8-16-9-6-12/h11-12,14H,3-9H2,1-2H3. The molecule has 1 aliphatic heterocycles. The lowest BCUT2D eigenvalue weighted by Crippen LogP contribution is -2.39. The molecule has 0 saturated carbocycles. The molecular weight excluding hydrogens is 202 g/mol. The van der Waals surface area contributed by atoms with Crippen LogP contribution in [0.15, 0.2) is 0 Å². The highest BCUT2D eigenvalue weighted by atomic mass is 16.5. The second-order valence-corrected chi connectivity index (χ2v) is 4.35. The fourth-order valence-corrected chi connectivity index (χ4v) is 2.10. The predicted molar refractivity (Wildman–Crippen MR) is 64.2 cm³/mol. The van der Waals surface area contributed by atoms with Crippen molar-refractivity contribution in [2.24, 2.45) is 0 Å². The van der Waals surface area contributed by atoms with E-state index in [2.05, 4.69) is 23.3 Å². The average molecular weight is 225 g/mol. The van der Waals surface area contributed by atoms with Gasteiger partial charge < -0.3 is 15.0 Å². The summed E-state index contributed by atoms with van der Waals surface area (Å²) < 4.78 is 5.34. The molecule has 1 unspecified atom stereocenters. The molecule has 92 valence electrons. The largest absolute Gasteiger partial charge is 0.381 e. The summed E-state index contributed by atoms with van der Waals surface area (Å²) in [6.45, 7) is 5.63. The number of nitrogens with zero attached hydrogens (tertiary/aromatic N) is 2. The molecule has 1 rings (SSSR count). The number of hydrogen-bond acceptors (Lipinski definition) is 4. The van der Waals surface area contributed by atoms with Gasteiger partial charge in [-0.15, -0.1) is 0 Å². The first-order valence-electron chi connectivity index (χ1n) is 6.19. The van der Waals surface area contributed by atoms with E-state index in [1.165, 1.54) is 0 Å². The van der Waals surface area contributed by atoms with E-state index >= 15 is 0 Å². The molecule has 0 bridgehead atoms. The van der Waals surface area contributed by atoms with E-state index in [1.54, 1.807) is 0 Å². The molecule has 1 N–H and O–H groups in total. The van der Waals surface area contributed by atoms with Gasteiger partial charge in [-0.05, 0) is 32.9 Å². The Morgan fingerprint density at radius 1 is 1.50 bits per heavy atom. The van der Waals surface area contributed by atoms with Crippen LogP contribution in [0, 0.1) is 11.3 Å². The van der Waals surface area contributed by atoms with Gasteiger partial charge in [0.25, 0.3) is 0 Å². The third-order valence-corrected chi connectivity index (χ3v) is 3.19. The zero-order valence-corrected chi connectivity index (χ0v) is 10.4. The lowest BCUT2D eigenvalue weighted by atomic mass is 10.1. The predicted octanol–water partition coefficient (Wildman–Crippen LogP) is 0.989. The molecule has 0 aromatic heterocycles. The van der Waals surface area contributed by atoms with Crippen molar-refractivity contribution in [2.75, 3.05) is 33.4 Å². The molecule has 1 atom stereocenters. The van der Waals surface area contributed by atoms with Gasteiger partial charge in [0.05, 0.1) is 12.1 Å². The van der Waals surface area contributed by atoms with Crippen LogP contribution in [0.25, 0.3) is 0 Å². The Hall–Kier alpha value is -0.630. The normalized spacial score (nSPS) is 19.6. The van der Waals surface area contributed by atoms with Gasteiger partial charge in [-0.1, -0.05) is 6.92 Å². The van der Waals surface area contributed by atoms with Crippen molar-refractivity contribution >= 4 is 0 Å². The van der Waals surface area contributed by atoms with Gasteiger partial charge in [0, 0.05) is 25.8 Å². The van der Waals surface area contributed by atoms with Crippen molar-refractivity contribution in [1.82, 2.24) is 10.2 Å². The minimum Gasteiger partial charge on any atom is -0.381 e. The van der Waals surface area contributed by atoms with Crippen LogP contribution < -0.4 is 5.32 Å². The molecule has 0 spiro atoms. The molecule has 0 aromatic rings. The molecule has 0 aromatic carbocycles. The van der Waals surface area contributed by atoms with Crippen molar-refractivity contribution in [2.45, 2.75) is 38.3 Å². The highest BCUT2D eigenvalue weighted by Crippen LogP contribution is 2.13. The van der Waals surface area contributed by atoms with E-state index in [0.717, 1.165) is 45.6 Å². The van der Waals surface area contributed by atoms with Crippen LogP contribution in [-0.2, 0) is 4.74 Å². The topological polar surface area (TPSA) is 48.3 Å². The summed E-state index contributed by atoms with van der Waals surface area (Å²) in [5.41, 5.74) is 0. The van der Waals surface area contributed by atoms with Gasteiger partial charge in [-0.2, -0.15) is 5.26 Å². The van der Waals surface area contributed by atoms with Crippen molar-refractivity contribution < 1.29 is 4.74 Å². The number of ether oxygens (including phenoxy) is 1. The highest BCUT2D eigenvalue weighted by Gasteiger charge is 2.18. The Bertz CT molecular complexity index is 221. The Morgan fingerprint density at radius 2 is 2.19 bits per heavy atom. The molecule has 1 aliphatic rings. The summed E-state index contributed by atoms with van der Waals surface area (Å²) >= 11 is 0. The van der Waals surface area contributed by atoms with Crippen molar-refractivity contribution in [1.29, 1.82) is 5.26 Å². The first-order valence-corrected chi connectivity index (χ1v) is 6.19. The smallest absolute Gasteiger partial charge is 0.0965 e. The zero-order valence-electron chi connectivity index (χ0n) is 10.4. The SMILES string of the molecule is CCNC(C#N)CCN(C)C1CCOCC1. The Morgan fingerprint density at radius 3 is 2.75 bits per heavy atom. The molecule has 0 aliphatic carbocycles. The maximum absolute atomic E-state index is 8.93. The summed E-state index contributed by atoms with van der Waals surface area (Å²) in [6.07, 6.45) is 3.14. The number of rotatable bonds is 6. The molecule has 0 radical (unpaired) electrons. The Balaban J connectivity index is 2.22. The first-order chi connectivity index (χ1) is 7.77. The Kier molecular flexibility index (Phi) is 6.39. The molecular formula is C12H23N3O.